The largest absolute Gasteiger partial charge is 0.497 e. The number of alkyl halides is 3. The number of hydrogen-bond acceptors (Lipinski definition) is 10. The highest BCUT2D eigenvalue weighted by atomic mass is 32.2. The van der Waals surface area contributed by atoms with Gasteiger partial charge in [-0.1, -0.05) is 0 Å². The second-order valence-electron chi connectivity index (χ2n) is 10.7. The first-order valence-electron chi connectivity index (χ1n) is 13.7. The van der Waals surface area contributed by atoms with E-state index in [1.807, 2.05) is 4.90 Å². The molecule has 43 heavy (non-hydrogen) atoms. The molecule has 0 unspecified atom stereocenters. The molecule has 15 heteroatoms. The molecule has 0 bridgehead atoms. The van der Waals surface area contributed by atoms with Gasteiger partial charge in [0.05, 0.1) is 33.6 Å². The first-order valence-corrected chi connectivity index (χ1v) is 15.9. The predicted molar refractivity (Wildman–Crippen MR) is 155 cm³/mol. The van der Waals surface area contributed by atoms with Crippen molar-refractivity contribution in [2.75, 3.05) is 44.7 Å². The molecule has 5 rings (SSSR count). The Bertz CT molecular complexity index is 1650. The van der Waals surface area contributed by atoms with Crippen LogP contribution in [0.25, 0.3) is 10.1 Å². The van der Waals surface area contributed by atoms with Gasteiger partial charge >= 0.3 is 6.18 Å². The van der Waals surface area contributed by atoms with Gasteiger partial charge in [-0.15, -0.1) is 11.3 Å². The monoisotopic (exact) mass is 641 g/mol. The van der Waals surface area contributed by atoms with E-state index in [-0.39, 0.29) is 21.1 Å². The molecule has 0 N–H and O–H groups in total. The number of anilines is 1. The molecule has 2 heterocycles. The molecule has 1 saturated heterocycles. The second kappa shape index (κ2) is 12.4. The fraction of sp³-hybridized carbons (Fsp3) is 0.464. The van der Waals surface area contributed by atoms with Crippen molar-refractivity contribution in [2.45, 2.75) is 42.9 Å². The van der Waals surface area contributed by atoms with Gasteiger partial charge in [-0.2, -0.15) is 21.6 Å². The smallest absolute Gasteiger partial charge is 0.416 e. The van der Waals surface area contributed by atoms with Gasteiger partial charge in [-0.05, 0) is 61.9 Å². The normalized spacial score (nSPS) is 20.3. The van der Waals surface area contributed by atoms with Crippen molar-refractivity contribution < 1.29 is 35.4 Å². The topological polar surface area (TPSA) is 119 Å². The summed E-state index contributed by atoms with van der Waals surface area (Å²) >= 11 is 0.953. The van der Waals surface area contributed by atoms with E-state index >= 15 is 0 Å². The molecule has 1 aromatic heterocycles. The van der Waals surface area contributed by atoms with Crippen LogP contribution >= 0.6 is 11.3 Å². The summed E-state index contributed by atoms with van der Waals surface area (Å²) in [5, 5.41) is 11.7. The van der Waals surface area contributed by atoms with Crippen molar-refractivity contribution in [1.82, 2.24) is 4.90 Å². The molecule has 1 aliphatic heterocycles. The minimum atomic E-state index is -4.81. The molecular formula is C28H30F3N3O7S2. The zero-order valence-electron chi connectivity index (χ0n) is 23.2. The van der Waals surface area contributed by atoms with E-state index in [2.05, 4.69) is 4.90 Å². The quantitative estimate of drug-likeness (QED) is 0.184. The molecule has 10 nitrogen and oxygen atoms in total. The van der Waals surface area contributed by atoms with Crippen LogP contribution in [0.3, 0.4) is 0 Å². The molecule has 0 atom stereocenters. The summed E-state index contributed by atoms with van der Waals surface area (Å²) in [6, 6.07) is 8.48. The van der Waals surface area contributed by atoms with Gasteiger partial charge in [0.15, 0.2) is 5.43 Å². The third kappa shape index (κ3) is 7.11. The summed E-state index contributed by atoms with van der Waals surface area (Å²) < 4.78 is 75.7. The van der Waals surface area contributed by atoms with E-state index in [4.69, 9.17) is 8.92 Å². The van der Waals surface area contributed by atoms with Crippen molar-refractivity contribution in [3.05, 3.63) is 68.4 Å². The van der Waals surface area contributed by atoms with Crippen LogP contribution in [-0.4, -0.2) is 64.2 Å². The SMILES string of the molecule is COc1ccc(S(=O)(=O)OC2CCC(CN3CCN(c4cc(=O)c5cc(C(F)(F)F)cc([N+](=O)[O-])c5s4)CC3)CC2)cc1. The van der Waals surface area contributed by atoms with Gasteiger partial charge in [0.1, 0.15) is 10.4 Å². The fourth-order valence-electron chi connectivity index (χ4n) is 5.59. The summed E-state index contributed by atoms with van der Waals surface area (Å²) in [6.45, 7) is 3.28. The van der Waals surface area contributed by atoms with Crippen LogP contribution in [0.5, 0.6) is 5.75 Å². The molecule has 232 valence electrons. The van der Waals surface area contributed by atoms with Gasteiger partial charge in [-0.25, -0.2) is 0 Å². The van der Waals surface area contributed by atoms with Gasteiger partial charge in [-0.3, -0.25) is 24.0 Å². The van der Waals surface area contributed by atoms with Crippen LogP contribution in [0.15, 0.2) is 52.2 Å². The second-order valence-corrected chi connectivity index (χ2v) is 13.3. The summed E-state index contributed by atoms with van der Waals surface area (Å²) in [6.07, 6.45) is -2.31. The number of hydrogen-bond donors (Lipinski definition) is 0. The predicted octanol–water partition coefficient (Wildman–Crippen LogP) is 5.28. The van der Waals surface area contributed by atoms with E-state index in [9.17, 15) is 36.5 Å². The Labute approximate surface area is 249 Å². The maximum Gasteiger partial charge on any atom is 0.416 e. The molecular weight excluding hydrogens is 611 g/mol. The Hall–Kier alpha value is -3.27. The summed E-state index contributed by atoms with van der Waals surface area (Å²) in [7, 11) is -2.37. The molecule has 1 aliphatic carbocycles. The van der Waals surface area contributed by atoms with Crippen molar-refractivity contribution >= 4 is 42.2 Å². The maximum absolute atomic E-state index is 13.3. The first kappa shape index (κ1) is 31.2. The Balaban J connectivity index is 1.16. The lowest BCUT2D eigenvalue weighted by molar-refractivity contribution is -0.383. The van der Waals surface area contributed by atoms with Crippen molar-refractivity contribution in [3.8, 4) is 5.75 Å². The number of nitro groups is 1. The molecule has 2 fully saturated rings. The molecule has 1 saturated carbocycles. The highest BCUT2D eigenvalue weighted by Crippen LogP contribution is 2.39. The van der Waals surface area contributed by atoms with Gasteiger partial charge in [0, 0.05) is 50.2 Å². The molecule has 2 aliphatic rings. The van der Waals surface area contributed by atoms with Crippen LogP contribution in [0.2, 0.25) is 0 Å². The third-order valence-electron chi connectivity index (χ3n) is 7.93. The maximum atomic E-state index is 13.3. The summed E-state index contributed by atoms with van der Waals surface area (Å²) in [5.74, 6) is 0.928. The molecule has 3 aromatic rings. The number of fused-ring (bicyclic) bond motifs is 1. The van der Waals surface area contributed by atoms with Crippen LogP contribution in [-0.2, 0) is 20.5 Å². The number of nitrogens with zero attached hydrogens (tertiary/aromatic N) is 3. The highest BCUT2D eigenvalue weighted by molar-refractivity contribution is 7.86. The van der Waals surface area contributed by atoms with E-state index in [1.54, 1.807) is 12.1 Å². The highest BCUT2D eigenvalue weighted by Gasteiger charge is 2.34. The molecule has 2 aromatic carbocycles. The minimum absolute atomic E-state index is 0.0732. The van der Waals surface area contributed by atoms with Crippen LogP contribution in [0, 0.1) is 16.0 Å². The number of methoxy groups -OCH3 is 1. The average Bonchev–Trinajstić information content (AvgIpc) is 2.97. The van der Waals surface area contributed by atoms with Crippen LogP contribution in [0.1, 0.15) is 31.2 Å². The number of ether oxygens (including phenoxy) is 1. The number of rotatable bonds is 8. The lowest BCUT2D eigenvalue weighted by atomic mass is 9.87. The number of halogens is 3. The zero-order valence-corrected chi connectivity index (χ0v) is 24.8. The van der Waals surface area contributed by atoms with Gasteiger partial charge in [0.2, 0.25) is 0 Å². The van der Waals surface area contributed by atoms with E-state index < -0.39 is 37.9 Å². The first-order chi connectivity index (χ1) is 20.3. The molecule has 0 amide bonds. The van der Waals surface area contributed by atoms with Crippen molar-refractivity contribution in [3.63, 3.8) is 0 Å². The lowest BCUT2D eigenvalue weighted by Gasteiger charge is -2.38. The number of piperazine rings is 1. The standard InChI is InChI=1S/C28H30F3N3O7S2/c1-40-20-6-8-22(9-7-20)43(38,39)41-21-4-2-18(3-5-21)17-32-10-12-33(13-11-32)26-16-25(35)23-14-19(28(29,30)31)15-24(34(36)37)27(23)42-26/h6-9,14-16,18,21H,2-5,10-13,17H2,1H3. The third-order valence-corrected chi connectivity index (χ3v) is 10.5. The Morgan fingerprint density at radius 2 is 1.67 bits per heavy atom. The number of benzene rings is 2. The van der Waals surface area contributed by atoms with E-state index in [1.165, 1.54) is 25.3 Å². The van der Waals surface area contributed by atoms with Gasteiger partial charge < -0.3 is 9.64 Å². The number of nitro benzene ring substituents is 1. The molecule has 0 radical (unpaired) electrons. The molecule has 0 spiro atoms. The fourth-order valence-corrected chi connectivity index (χ4v) is 7.91. The van der Waals surface area contributed by atoms with E-state index in [0.717, 1.165) is 30.7 Å². The van der Waals surface area contributed by atoms with Gasteiger partial charge in [0.25, 0.3) is 15.8 Å². The van der Waals surface area contributed by atoms with Crippen LogP contribution in [0.4, 0.5) is 23.9 Å². The lowest BCUT2D eigenvalue weighted by Crippen LogP contribution is -2.48. The van der Waals surface area contributed by atoms with E-state index in [0.29, 0.717) is 67.8 Å². The average molecular weight is 642 g/mol. The number of non-ortho nitro benzene ring substituents is 1. The van der Waals surface area contributed by atoms with Crippen molar-refractivity contribution in [1.29, 1.82) is 0 Å². The Morgan fingerprint density at radius 1 is 1.02 bits per heavy atom. The van der Waals surface area contributed by atoms with Crippen molar-refractivity contribution in [2.24, 2.45) is 5.92 Å². The van der Waals surface area contributed by atoms with Crippen LogP contribution < -0.4 is 15.1 Å². The zero-order chi connectivity index (χ0) is 30.9. The summed E-state index contributed by atoms with van der Waals surface area (Å²) in [4.78, 5) is 27.8. The Kier molecular flexibility index (Phi) is 8.97. The summed E-state index contributed by atoms with van der Waals surface area (Å²) in [5.41, 5.74) is -2.64. The minimum Gasteiger partial charge on any atom is -0.497 e. The Morgan fingerprint density at radius 3 is 2.26 bits per heavy atom.